The Balaban J connectivity index is 2.04. The molecule has 0 saturated heterocycles. The normalized spacial score (nSPS) is 14.0. The van der Waals surface area contributed by atoms with Crippen LogP contribution in [0.25, 0.3) is 16.7 Å². The molecule has 1 aliphatic carbocycles. The number of fused-ring (bicyclic) bond motifs is 2. The van der Waals surface area contributed by atoms with Gasteiger partial charge in [-0.25, -0.2) is 9.97 Å². The van der Waals surface area contributed by atoms with Gasteiger partial charge in [-0.2, -0.15) is 0 Å². The van der Waals surface area contributed by atoms with Crippen LogP contribution >= 0.6 is 11.8 Å². The lowest BCUT2D eigenvalue weighted by Crippen LogP contribution is -2.23. The van der Waals surface area contributed by atoms with Crippen molar-refractivity contribution in [1.82, 2.24) is 14.5 Å². The molecule has 1 aromatic carbocycles. The van der Waals surface area contributed by atoms with E-state index in [2.05, 4.69) is 9.97 Å². The number of hydrogen-bond acceptors (Lipinski definition) is 4. The SMILES string of the molecule is CSc1nc2nc3c(cc2c(=O)n1-c1ccccc1)CCCC3. The van der Waals surface area contributed by atoms with E-state index in [0.717, 1.165) is 24.2 Å². The molecule has 3 aromatic rings. The highest BCUT2D eigenvalue weighted by molar-refractivity contribution is 7.98. The fourth-order valence-corrected chi connectivity index (χ4v) is 3.70. The number of hydrogen-bond donors (Lipinski definition) is 0. The second-order valence-corrected chi connectivity index (χ2v) is 6.52. The van der Waals surface area contributed by atoms with Gasteiger partial charge in [-0.3, -0.25) is 9.36 Å². The van der Waals surface area contributed by atoms with E-state index in [1.165, 1.54) is 30.2 Å². The number of rotatable bonds is 2. The molecule has 2 heterocycles. The van der Waals surface area contributed by atoms with Crippen LogP contribution in [0.5, 0.6) is 0 Å². The summed E-state index contributed by atoms with van der Waals surface area (Å²) in [6.45, 7) is 0. The predicted octanol–water partition coefficient (Wildman–Crippen LogP) is 3.38. The lowest BCUT2D eigenvalue weighted by Gasteiger charge is -2.16. The summed E-state index contributed by atoms with van der Waals surface area (Å²) in [5, 5.41) is 1.30. The monoisotopic (exact) mass is 323 g/mol. The predicted molar refractivity (Wildman–Crippen MR) is 93.6 cm³/mol. The van der Waals surface area contributed by atoms with E-state index >= 15 is 0 Å². The molecule has 5 heteroatoms. The summed E-state index contributed by atoms with van der Waals surface area (Å²) in [7, 11) is 0. The number of aromatic nitrogens is 3. The zero-order valence-electron chi connectivity index (χ0n) is 13.0. The number of nitrogens with zero attached hydrogens (tertiary/aromatic N) is 3. The summed E-state index contributed by atoms with van der Waals surface area (Å²) in [4.78, 5) is 22.4. The van der Waals surface area contributed by atoms with Crippen molar-refractivity contribution in [2.75, 3.05) is 6.26 Å². The smallest absolute Gasteiger partial charge is 0.268 e. The maximum atomic E-state index is 13.1. The summed E-state index contributed by atoms with van der Waals surface area (Å²) in [5.41, 5.74) is 3.70. The molecule has 0 saturated carbocycles. The van der Waals surface area contributed by atoms with Crippen molar-refractivity contribution in [2.45, 2.75) is 30.8 Å². The molecule has 2 aromatic heterocycles. The van der Waals surface area contributed by atoms with Crippen molar-refractivity contribution < 1.29 is 0 Å². The Morgan fingerprint density at radius 1 is 1.09 bits per heavy atom. The number of aryl methyl sites for hydroxylation is 2. The number of benzene rings is 1. The fourth-order valence-electron chi connectivity index (χ4n) is 3.15. The first-order valence-electron chi connectivity index (χ1n) is 7.83. The molecule has 4 rings (SSSR count). The zero-order chi connectivity index (χ0) is 15.8. The molecular formula is C18H17N3OS. The number of pyridine rings is 1. The Bertz CT molecular complexity index is 934. The standard InChI is InChI=1S/C18H17N3OS/c1-23-18-20-16-14(11-12-7-5-6-10-15(12)19-16)17(22)21(18)13-8-3-2-4-9-13/h2-4,8-9,11H,5-7,10H2,1H3. The van der Waals surface area contributed by atoms with Crippen LogP contribution in [0.4, 0.5) is 0 Å². The van der Waals surface area contributed by atoms with Gasteiger partial charge >= 0.3 is 0 Å². The maximum Gasteiger partial charge on any atom is 0.268 e. The molecule has 0 atom stereocenters. The van der Waals surface area contributed by atoms with E-state index in [0.29, 0.717) is 16.2 Å². The Morgan fingerprint density at radius 3 is 2.65 bits per heavy atom. The third-order valence-corrected chi connectivity index (χ3v) is 4.94. The molecule has 0 bridgehead atoms. The van der Waals surface area contributed by atoms with Crippen LogP contribution in [-0.4, -0.2) is 20.8 Å². The minimum absolute atomic E-state index is 0.0357. The van der Waals surface area contributed by atoms with Gasteiger partial charge in [0.1, 0.15) is 0 Å². The summed E-state index contributed by atoms with van der Waals surface area (Å²) >= 11 is 1.47. The summed E-state index contributed by atoms with van der Waals surface area (Å²) < 4.78 is 1.68. The average Bonchev–Trinajstić information content (AvgIpc) is 2.61. The first-order chi connectivity index (χ1) is 11.3. The van der Waals surface area contributed by atoms with Gasteiger partial charge in [0, 0.05) is 5.69 Å². The highest BCUT2D eigenvalue weighted by Gasteiger charge is 2.17. The summed E-state index contributed by atoms with van der Waals surface area (Å²) in [5.74, 6) is 0. The summed E-state index contributed by atoms with van der Waals surface area (Å²) in [6.07, 6.45) is 6.27. The van der Waals surface area contributed by atoms with Crippen molar-refractivity contribution >= 4 is 22.8 Å². The second-order valence-electron chi connectivity index (χ2n) is 5.75. The molecule has 0 radical (unpaired) electrons. The quantitative estimate of drug-likeness (QED) is 0.536. The van der Waals surface area contributed by atoms with Crippen molar-refractivity contribution in [2.24, 2.45) is 0 Å². The molecule has 1 aliphatic rings. The van der Waals surface area contributed by atoms with Gasteiger partial charge in [-0.1, -0.05) is 30.0 Å². The van der Waals surface area contributed by atoms with E-state index in [-0.39, 0.29) is 5.56 Å². The molecule has 4 nitrogen and oxygen atoms in total. The molecule has 0 N–H and O–H groups in total. The topological polar surface area (TPSA) is 47.8 Å². The van der Waals surface area contributed by atoms with Gasteiger partial charge in [-0.05, 0) is 55.7 Å². The van der Waals surface area contributed by atoms with Crippen molar-refractivity contribution in [3.8, 4) is 5.69 Å². The molecule has 0 amide bonds. The Hall–Kier alpha value is -2.14. The third-order valence-electron chi connectivity index (χ3n) is 4.30. The lowest BCUT2D eigenvalue weighted by molar-refractivity contribution is 0.669. The van der Waals surface area contributed by atoms with Crippen LogP contribution in [0.1, 0.15) is 24.1 Å². The number of para-hydroxylation sites is 1. The van der Waals surface area contributed by atoms with E-state index in [4.69, 9.17) is 0 Å². The van der Waals surface area contributed by atoms with Crippen molar-refractivity contribution in [1.29, 1.82) is 0 Å². The van der Waals surface area contributed by atoms with Gasteiger partial charge < -0.3 is 0 Å². The van der Waals surface area contributed by atoms with E-state index in [1.807, 2.05) is 42.7 Å². The largest absolute Gasteiger partial charge is 0.268 e. The van der Waals surface area contributed by atoms with Gasteiger partial charge in [0.05, 0.1) is 11.1 Å². The van der Waals surface area contributed by atoms with E-state index < -0.39 is 0 Å². The number of thioether (sulfide) groups is 1. The Labute approximate surface area is 138 Å². The molecule has 116 valence electrons. The highest BCUT2D eigenvalue weighted by Crippen LogP contribution is 2.24. The lowest BCUT2D eigenvalue weighted by atomic mass is 9.95. The Kier molecular flexibility index (Phi) is 3.65. The molecular weight excluding hydrogens is 306 g/mol. The van der Waals surface area contributed by atoms with E-state index in [9.17, 15) is 4.79 Å². The van der Waals surface area contributed by atoms with E-state index in [1.54, 1.807) is 4.57 Å². The Morgan fingerprint density at radius 2 is 1.87 bits per heavy atom. The minimum Gasteiger partial charge on any atom is -0.268 e. The third kappa shape index (κ3) is 2.45. The van der Waals surface area contributed by atoms with Crippen LogP contribution in [0.3, 0.4) is 0 Å². The van der Waals surface area contributed by atoms with Gasteiger partial charge in [0.15, 0.2) is 10.8 Å². The molecule has 0 aliphatic heterocycles. The van der Waals surface area contributed by atoms with Crippen molar-refractivity contribution in [3.63, 3.8) is 0 Å². The molecule has 0 unspecified atom stereocenters. The highest BCUT2D eigenvalue weighted by atomic mass is 32.2. The van der Waals surface area contributed by atoms with Gasteiger partial charge in [0.25, 0.3) is 5.56 Å². The first-order valence-corrected chi connectivity index (χ1v) is 9.05. The second kappa shape index (κ2) is 5.81. The van der Waals surface area contributed by atoms with Crippen LogP contribution in [0.2, 0.25) is 0 Å². The first kappa shape index (κ1) is 14.5. The van der Waals surface area contributed by atoms with Crippen LogP contribution in [0.15, 0.2) is 46.3 Å². The van der Waals surface area contributed by atoms with Gasteiger partial charge in [0.2, 0.25) is 0 Å². The van der Waals surface area contributed by atoms with Crippen LogP contribution in [0, 0.1) is 0 Å². The molecule has 23 heavy (non-hydrogen) atoms. The fraction of sp³-hybridized carbons (Fsp3) is 0.278. The molecule has 0 spiro atoms. The van der Waals surface area contributed by atoms with Crippen LogP contribution in [-0.2, 0) is 12.8 Å². The van der Waals surface area contributed by atoms with Crippen LogP contribution < -0.4 is 5.56 Å². The van der Waals surface area contributed by atoms with Gasteiger partial charge in [-0.15, -0.1) is 0 Å². The summed E-state index contributed by atoms with van der Waals surface area (Å²) in [6, 6.07) is 11.7. The zero-order valence-corrected chi connectivity index (χ0v) is 13.8. The molecule has 0 fully saturated rings. The average molecular weight is 323 g/mol. The van der Waals surface area contributed by atoms with Crippen molar-refractivity contribution in [3.05, 3.63) is 58.0 Å². The minimum atomic E-state index is -0.0357. The maximum absolute atomic E-state index is 13.1.